The highest BCUT2D eigenvalue weighted by molar-refractivity contribution is 5.89. The topological polar surface area (TPSA) is 95.9 Å². The largest absolute Gasteiger partial charge is 0.545 e. The molecule has 0 bridgehead atoms. The number of carboxylic acids is 1. The molecule has 1 atom stereocenters. The zero-order chi connectivity index (χ0) is 18.2. The van der Waals surface area contributed by atoms with Crippen LogP contribution < -0.4 is 10.4 Å². The van der Waals surface area contributed by atoms with Crippen molar-refractivity contribution in [1.29, 1.82) is 0 Å². The highest BCUT2D eigenvalue weighted by atomic mass is 19.4. The van der Waals surface area contributed by atoms with Crippen molar-refractivity contribution in [2.75, 3.05) is 0 Å². The fraction of sp³-hybridized carbons (Fsp3) is 0.267. The summed E-state index contributed by atoms with van der Waals surface area (Å²) in [5, 5.41) is 32.6. The van der Waals surface area contributed by atoms with Crippen LogP contribution in [0.4, 0.5) is 13.2 Å². The maximum atomic E-state index is 13.3. The van der Waals surface area contributed by atoms with E-state index in [1.54, 1.807) is 0 Å². The van der Waals surface area contributed by atoms with Gasteiger partial charge in [0.15, 0.2) is 0 Å². The first-order valence-electron chi connectivity index (χ1n) is 6.79. The van der Waals surface area contributed by atoms with E-state index >= 15 is 0 Å². The first-order valence-corrected chi connectivity index (χ1v) is 6.79. The lowest BCUT2D eigenvalue weighted by molar-refractivity contribution is -0.301. The molecule has 0 aliphatic carbocycles. The average molecular weight is 343 g/mol. The minimum Gasteiger partial charge on any atom is -0.545 e. The molecule has 1 aliphatic rings. The Balaban J connectivity index is 2.80. The number of hydrogen-bond donors (Lipinski definition) is 3. The first kappa shape index (κ1) is 17.8. The van der Waals surface area contributed by atoms with Gasteiger partial charge < -0.3 is 15.2 Å². The summed E-state index contributed by atoms with van der Waals surface area (Å²) in [4.78, 5) is 11.5. The van der Waals surface area contributed by atoms with Gasteiger partial charge in [-0.2, -0.15) is 13.2 Å². The number of dihydropyridines is 1. The number of hydrogen-bond acceptors (Lipinski definition) is 6. The quantitative estimate of drug-likeness (QED) is 0.724. The van der Waals surface area contributed by atoms with E-state index in [2.05, 4.69) is 5.32 Å². The Kier molecular flexibility index (Phi) is 4.59. The monoisotopic (exact) mass is 343 g/mol. The smallest absolute Gasteiger partial charge is 0.416 e. The minimum absolute atomic E-state index is 0.0556. The lowest BCUT2D eigenvalue weighted by Gasteiger charge is -2.35. The van der Waals surface area contributed by atoms with Gasteiger partial charge in [-0.25, -0.2) is 0 Å². The number of alkyl halides is 3. The highest BCUT2D eigenvalue weighted by Crippen LogP contribution is 2.43. The molecule has 1 aromatic carbocycles. The van der Waals surface area contributed by atoms with Gasteiger partial charge in [-0.3, -0.25) is 10.4 Å². The van der Waals surface area contributed by atoms with Crippen LogP contribution in [0, 0.1) is 0 Å². The molecule has 0 radical (unpaired) electrons. The van der Waals surface area contributed by atoms with Gasteiger partial charge in [0.1, 0.15) is 5.70 Å². The number of halogens is 3. The third kappa shape index (κ3) is 3.08. The van der Waals surface area contributed by atoms with Crippen LogP contribution in [0.15, 0.2) is 46.9 Å². The van der Waals surface area contributed by atoms with E-state index in [-0.39, 0.29) is 16.6 Å². The number of carbonyl (C=O) groups excluding carboxylic acids is 1. The Morgan fingerprint density at radius 2 is 1.79 bits per heavy atom. The molecule has 0 amide bonds. The molecule has 130 valence electrons. The second-order valence-electron chi connectivity index (χ2n) is 5.27. The number of carbonyl (C=O) groups is 1. The average Bonchev–Trinajstić information content (AvgIpc) is 2.44. The predicted octanol–water partition coefficient (Wildman–Crippen LogP) is 1.73. The van der Waals surface area contributed by atoms with Crippen molar-refractivity contribution in [2.24, 2.45) is 0 Å². The molecular weight excluding hydrogens is 329 g/mol. The van der Waals surface area contributed by atoms with Crippen molar-refractivity contribution < 1.29 is 33.5 Å². The Labute approximate surface area is 135 Å². The Morgan fingerprint density at radius 3 is 2.29 bits per heavy atom. The lowest BCUT2D eigenvalue weighted by Crippen LogP contribution is -2.39. The molecule has 1 aromatic rings. The molecule has 0 fully saturated rings. The fourth-order valence-corrected chi connectivity index (χ4v) is 2.83. The molecule has 1 heterocycles. The number of nitrogens with zero attached hydrogens (tertiary/aromatic N) is 1. The Morgan fingerprint density at radius 1 is 1.21 bits per heavy atom. The molecule has 2 rings (SSSR count). The summed E-state index contributed by atoms with van der Waals surface area (Å²) in [7, 11) is 0. The van der Waals surface area contributed by atoms with E-state index in [1.165, 1.54) is 19.9 Å². The fourth-order valence-electron chi connectivity index (χ4n) is 2.83. The van der Waals surface area contributed by atoms with Crippen molar-refractivity contribution in [1.82, 2.24) is 10.5 Å². The number of nitrogens with one attached hydrogen (secondary N) is 1. The molecule has 0 saturated carbocycles. The van der Waals surface area contributed by atoms with E-state index in [4.69, 9.17) is 0 Å². The zero-order valence-corrected chi connectivity index (χ0v) is 12.7. The summed E-state index contributed by atoms with van der Waals surface area (Å²) < 4.78 is 39.9. The van der Waals surface area contributed by atoms with Crippen molar-refractivity contribution in [3.05, 3.63) is 58.1 Å². The van der Waals surface area contributed by atoms with Gasteiger partial charge in [-0.1, -0.05) is 18.2 Å². The molecule has 1 aliphatic heterocycles. The van der Waals surface area contributed by atoms with Crippen LogP contribution in [0.3, 0.4) is 0 Å². The van der Waals surface area contributed by atoms with Crippen LogP contribution in [-0.2, 0) is 11.0 Å². The molecule has 9 heteroatoms. The normalized spacial score (nSPS) is 18.5. The maximum absolute atomic E-state index is 13.3. The number of carboxylic acid groups (broad SMARTS) is 1. The second-order valence-corrected chi connectivity index (χ2v) is 5.27. The van der Waals surface area contributed by atoms with E-state index in [9.17, 15) is 33.5 Å². The summed E-state index contributed by atoms with van der Waals surface area (Å²) in [6, 6.07) is 4.35. The number of hydroxylamine groups is 2. The summed E-state index contributed by atoms with van der Waals surface area (Å²) in [6.45, 7) is 2.74. The van der Waals surface area contributed by atoms with Crippen LogP contribution in [-0.4, -0.2) is 21.6 Å². The summed E-state index contributed by atoms with van der Waals surface area (Å²) in [5.41, 5.74) is -2.29. The summed E-state index contributed by atoms with van der Waals surface area (Å²) in [5.74, 6) is -3.28. The van der Waals surface area contributed by atoms with Gasteiger partial charge in [0.25, 0.3) is 0 Å². The van der Waals surface area contributed by atoms with Gasteiger partial charge in [0.2, 0.25) is 0 Å². The van der Waals surface area contributed by atoms with E-state index in [0.717, 1.165) is 18.2 Å². The zero-order valence-electron chi connectivity index (χ0n) is 12.7. The first-order chi connectivity index (χ1) is 11.1. The standard InChI is InChI=1S/C15H15F3N2O4/c1-7-11(14(21)22)12(13(20(23)24)8(2)19-7)9-5-3-4-6-10(9)15(16,17)18/h3-6,12,19,23-24H,1-2H3,(H,21,22)/p-1/t12-/m0/s1. The molecule has 3 N–H and O–H groups in total. The minimum atomic E-state index is -4.75. The number of benzene rings is 1. The van der Waals surface area contributed by atoms with Crippen molar-refractivity contribution in [3.63, 3.8) is 0 Å². The predicted molar refractivity (Wildman–Crippen MR) is 73.1 cm³/mol. The Hall–Kier alpha value is -2.52. The maximum Gasteiger partial charge on any atom is 0.416 e. The van der Waals surface area contributed by atoms with E-state index < -0.39 is 40.5 Å². The van der Waals surface area contributed by atoms with Gasteiger partial charge >= 0.3 is 6.18 Å². The van der Waals surface area contributed by atoms with Gasteiger partial charge in [-0.15, -0.1) is 5.23 Å². The van der Waals surface area contributed by atoms with Crippen LogP contribution in [0.1, 0.15) is 30.9 Å². The van der Waals surface area contributed by atoms with Gasteiger partial charge in [-0.05, 0) is 25.5 Å². The van der Waals surface area contributed by atoms with Crippen molar-refractivity contribution in [2.45, 2.75) is 25.9 Å². The molecule has 0 saturated heterocycles. The Bertz CT molecular complexity index is 738. The third-order valence-corrected chi connectivity index (χ3v) is 3.74. The van der Waals surface area contributed by atoms with Gasteiger partial charge in [0.05, 0.1) is 17.5 Å². The molecular formula is C15H14F3N2O4-. The van der Waals surface area contributed by atoms with Crippen LogP contribution in [0.2, 0.25) is 0 Å². The summed E-state index contributed by atoms with van der Waals surface area (Å²) >= 11 is 0. The highest BCUT2D eigenvalue weighted by Gasteiger charge is 2.40. The molecule has 6 nitrogen and oxygen atoms in total. The van der Waals surface area contributed by atoms with E-state index in [1.807, 2.05) is 0 Å². The van der Waals surface area contributed by atoms with Gasteiger partial charge in [0, 0.05) is 17.0 Å². The molecule has 0 spiro atoms. The van der Waals surface area contributed by atoms with Crippen molar-refractivity contribution in [3.8, 4) is 0 Å². The molecule has 0 aromatic heterocycles. The van der Waals surface area contributed by atoms with Crippen molar-refractivity contribution >= 4 is 5.97 Å². The number of allylic oxidation sites excluding steroid dienone is 3. The summed E-state index contributed by atoms with van der Waals surface area (Å²) in [6.07, 6.45) is -4.75. The second kappa shape index (κ2) is 6.17. The SMILES string of the molecule is CC1=C(C(=O)[O-])[C@H](c2ccccc2C(F)(F)F)C(N(O)O)=C(C)N1. The third-order valence-electron chi connectivity index (χ3n) is 3.74. The van der Waals surface area contributed by atoms with E-state index in [0.29, 0.717) is 0 Å². The number of aliphatic carboxylic acids is 1. The van der Waals surface area contributed by atoms with Crippen LogP contribution >= 0.6 is 0 Å². The molecule has 24 heavy (non-hydrogen) atoms. The molecule has 0 unspecified atom stereocenters. The number of rotatable bonds is 3. The lowest BCUT2D eigenvalue weighted by atomic mass is 9.81. The van der Waals surface area contributed by atoms with Crippen LogP contribution in [0.5, 0.6) is 0 Å². The van der Waals surface area contributed by atoms with Crippen LogP contribution in [0.25, 0.3) is 0 Å².